The van der Waals surface area contributed by atoms with Gasteiger partial charge in [-0.25, -0.2) is 9.18 Å². The Kier molecular flexibility index (Phi) is 4.47. The normalized spacial score (nSPS) is 10.7. The van der Waals surface area contributed by atoms with Gasteiger partial charge in [-0.2, -0.15) is 5.10 Å². The molecular formula is C14H15ClFN3O2. The molecule has 0 fully saturated rings. The first-order valence-electron chi connectivity index (χ1n) is 6.36. The number of carbonyl (C=O) groups is 1. The largest absolute Gasteiger partial charge is 0.455 e. The molecule has 0 aliphatic rings. The Hall–Kier alpha value is -2.08. The third-order valence-electron chi connectivity index (χ3n) is 3.05. The number of esters is 1. The van der Waals surface area contributed by atoms with E-state index in [2.05, 4.69) is 5.10 Å². The second-order valence-corrected chi connectivity index (χ2v) is 4.88. The Labute approximate surface area is 126 Å². The fraction of sp³-hybridized carbons (Fsp3) is 0.286. The summed E-state index contributed by atoms with van der Waals surface area (Å²) in [6.45, 7) is 1.83. The fourth-order valence-electron chi connectivity index (χ4n) is 1.89. The van der Waals surface area contributed by atoms with E-state index < -0.39 is 11.8 Å². The number of hydrogen-bond donors (Lipinski definition) is 1. The lowest BCUT2D eigenvalue weighted by Gasteiger charge is -2.07. The lowest BCUT2D eigenvalue weighted by molar-refractivity contribution is 0.0458. The number of ether oxygens (including phenoxy) is 1. The van der Waals surface area contributed by atoms with Crippen LogP contribution >= 0.6 is 11.6 Å². The first-order chi connectivity index (χ1) is 9.93. The Bertz CT molecular complexity index is 685. The molecule has 2 aromatic rings. The standard InChI is InChI=1S/C14H15ClFN3O2/c1-3-11-13(15)12(19(2)18-11)7-21-14(20)9-6-8(17)4-5-10(9)16/h4-6H,3,7,17H2,1-2H3. The predicted octanol–water partition coefficient (Wildman–Crippen LogP) is 2.71. The highest BCUT2D eigenvalue weighted by Crippen LogP contribution is 2.22. The molecule has 7 heteroatoms. The van der Waals surface area contributed by atoms with Gasteiger partial charge in [0, 0.05) is 12.7 Å². The smallest absolute Gasteiger partial charge is 0.341 e. The molecule has 0 aliphatic carbocycles. The summed E-state index contributed by atoms with van der Waals surface area (Å²) in [5.74, 6) is -1.48. The number of aryl methyl sites for hydroxylation is 2. The molecule has 0 aliphatic heterocycles. The van der Waals surface area contributed by atoms with Crippen molar-refractivity contribution in [2.75, 3.05) is 5.73 Å². The third-order valence-corrected chi connectivity index (χ3v) is 3.49. The zero-order valence-corrected chi connectivity index (χ0v) is 12.4. The molecule has 0 saturated heterocycles. The molecule has 1 heterocycles. The van der Waals surface area contributed by atoms with Crippen molar-refractivity contribution in [2.45, 2.75) is 20.0 Å². The molecule has 0 amide bonds. The SMILES string of the molecule is CCc1nn(C)c(COC(=O)c2cc(N)ccc2F)c1Cl. The molecule has 0 bridgehead atoms. The van der Waals surface area contributed by atoms with Gasteiger partial charge in [-0.1, -0.05) is 18.5 Å². The number of nitrogens with zero attached hydrogens (tertiary/aromatic N) is 2. The van der Waals surface area contributed by atoms with Gasteiger partial charge in [0.2, 0.25) is 0 Å². The van der Waals surface area contributed by atoms with Crippen LogP contribution in [0.4, 0.5) is 10.1 Å². The zero-order valence-electron chi connectivity index (χ0n) is 11.7. The number of nitrogen functional groups attached to an aromatic ring is 1. The van der Waals surface area contributed by atoms with Crippen molar-refractivity contribution >= 4 is 23.3 Å². The quantitative estimate of drug-likeness (QED) is 0.696. The minimum atomic E-state index is -0.796. The van der Waals surface area contributed by atoms with Crippen LogP contribution in [0.5, 0.6) is 0 Å². The van der Waals surface area contributed by atoms with Crippen molar-refractivity contribution < 1.29 is 13.9 Å². The Morgan fingerprint density at radius 1 is 1.52 bits per heavy atom. The van der Waals surface area contributed by atoms with Crippen molar-refractivity contribution in [1.82, 2.24) is 9.78 Å². The number of benzene rings is 1. The number of rotatable bonds is 4. The molecule has 0 atom stereocenters. The van der Waals surface area contributed by atoms with Gasteiger partial charge in [-0.15, -0.1) is 0 Å². The maximum absolute atomic E-state index is 13.6. The molecule has 0 saturated carbocycles. The molecular weight excluding hydrogens is 297 g/mol. The summed E-state index contributed by atoms with van der Waals surface area (Å²) in [5.41, 5.74) is 6.90. The number of aromatic nitrogens is 2. The highest BCUT2D eigenvalue weighted by Gasteiger charge is 2.17. The van der Waals surface area contributed by atoms with Gasteiger partial charge in [-0.3, -0.25) is 4.68 Å². The maximum atomic E-state index is 13.6. The first kappa shape index (κ1) is 15.3. The van der Waals surface area contributed by atoms with Gasteiger partial charge in [0.25, 0.3) is 0 Å². The third kappa shape index (κ3) is 3.16. The predicted molar refractivity (Wildman–Crippen MR) is 77.5 cm³/mol. The van der Waals surface area contributed by atoms with E-state index in [0.29, 0.717) is 17.1 Å². The molecule has 1 aromatic carbocycles. The molecule has 1 aromatic heterocycles. The number of halogens is 2. The highest BCUT2D eigenvalue weighted by atomic mass is 35.5. The lowest BCUT2D eigenvalue weighted by Crippen LogP contribution is -2.10. The number of anilines is 1. The molecule has 21 heavy (non-hydrogen) atoms. The Balaban J connectivity index is 2.15. The minimum Gasteiger partial charge on any atom is -0.455 e. The summed E-state index contributed by atoms with van der Waals surface area (Å²) in [4.78, 5) is 11.9. The van der Waals surface area contributed by atoms with E-state index in [1.54, 1.807) is 11.7 Å². The lowest BCUT2D eigenvalue weighted by atomic mass is 10.2. The van der Waals surface area contributed by atoms with Crippen LogP contribution in [0.2, 0.25) is 5.02 Å². The van der Waals surface area contributed by atoms with E-state index in [1.165, 1.54) is 12.1 Å². The van der Waals surface area contributed by atoms with E-state index in [1.807, 2.05) is 6.92 Å². The van der Waals surface area contributed by atoms with Crippen LogP contribution in [0, 0.1) is 5.82 Å². The summed E-state index contributed by atoms with van der Waals surface area (Å²) in [6.07, 6.45) is 0.671. The number of hydrogen-bond acceptors (Lipinski definition) is 4. The van der Waals surface area contributed by atoms with Crippen molar-refractivity contribution in [3.05, 3.63) is 46.0 Å². The van der Waals surface area contributed by atoms with Crippen LogP contribution in [0.3, 0.4) is 0 Å². The molecule has 5 nitrogen and oxygen atoms in total. The average molecular weight is 312 g/mol. The van der Waals surface area contributed by atoms with Gasteiger partial charge in [0.05, 0.1) is 22.0 Å². The van der Waals surface area contributed by atoms with E-state index >= 15 is 0 Å². The van der Waals surface area contributed by atoms with E-state index in [4.69, 9.17) is 22.1 Å². The molecule has 0 spiro atoms. The van der Waals surface area contributed by atoms with Crippen molar-refractivity contribution in [1.29, 1.82) is 0 Å². The molecule has 0 unspecified atom stereocenters. The molecule has 0 radical (unpaired) electrons. The van der Waals surface area contributed by atoms with Gasteiger partial charge in [0.15, 0.2) is 0 Å². The van der Waals surface area contributed by atoms with Crippen molar-refractivity contribution in [2.24, 2.45) is 7.05 Å². The number of nitrogens with two attached hydrogens (primary N) is 1. The maximum Gasteiger partial charge on any atom is 0.341 e. The summed E-state index contributed by atoms with van der Waals surface area (Å²) in [6, 6.07) is 3.73. The summed E-state index contributed by atoms with van der Waals surface area (Å²) >= 11 is 6.15. The van der Waals surface area contributed by atoms with Gasteiger partial charge in [0.1, 0.15) is 12.4 Å². The van der Waals surface area contributed by atoms with Crippen LogP contribution in [0.15, 0.2) is 18.2 Å². The fourth-order valence-corrected chi connectivity index (χ4v) is 2.24. The second kappa shape index (κ2) is 6.13. The second-order valence-electron chi connectivity index (χ2n) is 4.50. The van der Waals surface area contributed by atoms with E-state index in [9.17, 15) is 9.18 Å². The number of carbonyl (C=O) groups excluding carboxylic acids is 1. The molecule has 112 valence electrons. The molecule has 2 rings (SSSR count). The van der Waals surface area contributed by atoms with E-state index in [0.717, 1.165) is 11.8 Å². The van der Waals surface area contributed by atoms with Crippen LogP contribution in [-0.4, -0.2) is 15.7 Å². The van der Waals surface area contributed by atoms with Gasteiger partial charge in [-0.05, 0) is 24.6 Å². The van der Waals surface area contributed by atoms with Crippen LogP contribution in [0.1, 0.15) is 28.7 Å². The molecule has 2 N–H and O–H groups in total. The summed E-state index contributed by atoms with van der Waals surface area (Å²) < 4.78 is 20.2. The highest BCUT2D eigenvalue weighted by molar-refractivity contribution is 6.31. The van der Waals surface area contributed by atoms with Gasteiger partial charge >= 0.3 is 5.97 Å². The van der Waals surface area contributed by atoms with Crippen molar-refractivity contribution in [3.8, 4) is 0 Å². The van der Waals surface area contributed by atoms with Gasteiger partial charge < -0.3 is 10.5 Å². The average Bonchev–Trinajstić information content (AvgIpc) is 2.73. The monoisotopic (exact) mass is 311 g/mol. The summed E-state index contributed by atoms with van der Waals surface area (Å²) in [7, 11) is 1.70. The van der Waals surface area contributed by atoms with Crippen LogP contribution < -0.4 is 5.73 Å². The summed E-state index contributed by atoms with van der Waals surface area (Å²) in [5, 5.41) is 4.67. The zero-order chi connectivity index (χ0) is 15.6. The van der Waals surface area contributed by atoms with Crippen LogP contribution in [-0.2, 0) is 24.8 Å². The first-order valence-corrected chi connectivity index (χ1v) is 6.74. The topological polar surface area (TPSA) is 70.1 Å². The minimum absolute atomic E-state index is 0.0879. The Morgan fingerprint density at radius 3 is 2.86 bits per heavy atom. The Morgan fingerprint density at radius 2 is 2.24 bits per heavy atom. The van der Waals surface area contributed by atoms with E-state index in [-0.39, 0.29) is 17.9 Å². The van der Waals surface area contributed by atoms with Crippen molar-refractivity contribution in [3.63, 3.8) is 0 Å². The van der Waals surface area contributed by atoms with Crippen LogP contribution in [0.25, 0.3) is 0 Å².